The zero-order chi connectivity index (χ0) is 14.1. The molecular formula is C16H26N2O. The second-order valence-corrected chi connectivity index (χ2v) is 5.26. The molecule has 0 fully saturated rings. The maximum Gasteiger partial charge on any atom is 0.221 e. The van der Waals surface area contributed by atoms with Crippen LogP contribution < -0.4 is 10.6 Å². The van der Waals surface area contributed by atoms with Crippen molar-refractivity contribution in [2.75, 3.05) is 18.4 Å². The Bertz CT molecular complexity index is 371. The third kappa shape index (κ3) is 6.85. The molecule has 0 atom stereocenters. The molecule has 1 amide bonds. The van der Waals surface area contributed by atoms with Crippen LogP contribution in [0.25, 0.3) is 0 Å². The molecule has 3 nitrogen and oxygen atoms in total. The molecule has 0 spiro atoms. The van der Waals surface area contributed by atoms with Crippen molar-refractivity contribution in [3.8, 4) is 0 Å². The Morgan fingerprint density at radius 3 is 2.42 bits per heavy atom. The highest BCUT2D eigenvalue weighted by Gasteiger charge is 2.01. The van der Waals surface area contributed by atoms with E-state index in [0.29, 0.717) is 18.9 Å². The Hall–Kier alpha value is -1.51. The van der Waals surface area contributed by atoms with Crippen LogP contribution in [0.15, 0.2) is 24.3 Å². The first kappa shape index (κ1) is 15.5. The van der Waals surface area contributed by atoms with E-state index in [-0.39, 0.29) is 5.91 Å². The SMILES string of the molecule is CCc1ccc(NCCC(=O)NCCC(C)C)cc1. The highest BCUT2D eigenvalue weighted by molar-refractivity contribution is 5.76. The summed E-state index contributed by atoms with van der Waals surface area (Å²) in [5.41, 5.74) is 2.41. The molecular weight excluding hydrogens is 236 g/mol. The van der Waals surface area contributed by atoms with Crippen LogP contribution in [0.2, 0.25) is 0 Å². The molecule has 0 saturated heterocycles. The predicted octanol–water partition coefficient (Wildman–Crippen LogP) is 3.21. The lowest BCUT2D eigenvalue weighted by atomic mass is 10.1. The van der Waals surface area contributed by atoms with Crippen molar-refractivity contribution in [2.45, 2.75) is 40.0 Å². The Balaban J connectivity index is 2.16. The number of rotatable bonds is 8. The summed E-state index contributed by atoms with van der Waals surface area (Å²) in [7, 11) is 0. The molecule has 3 heteroatoms. The molecule has 0 aliphatic carbocycles. The minimum Gasteiger partial charge on any atom is -0.385 e. The summed E-state index contributed by atoms with van der Waals surface area (Å²) in [5, 5.41) is 6.20. The topological polar surface area (TPSA) is 41.1 Å². The third-order valence-electron chi connectivity index (χ3n) is 3.09. The number of anilines is 1. The van der Waals surface area contributed by atoms with E-state index in [4.69, 9.17) is 0 Å². The Kier molecular flexibility index (Phi) is 7.01. The summed E-state index contributed by atoms with van der Waals surface area (Å²) >= 11 is 0. The minimum atomic E-state index is 0.123. The van der Waals surface area contributed by atoms with Gasteiger partial charge in [0.25, 0.3) is 0 Å². The zero-order valence-electron chi connectivity index (χ0n) is 12.3. The van der Waals surface area contributed by atoms with E-state index in [1.54, 1.807) is 0 Å². The van der Waals surface area contributed by atoms with Gasteiger partial charge in [0.1, 0.15) is 0 Å². The molecule has 0 saturated carbocycles. The zero-order valence-corrected chi connectivity index (χ0v) is 12.3. The van der Waals surface area contributed by atoms with Gasteiger partial charge in [-0.15, -0.1) is 0 Å². The van der Waals surface area contributed by atoms with Gasteiger partial charge in [-0.2, -0.15) is 0 Å². The number of aryl methyl sites for hydroxylation is 1. The molecule has 0 aliphatic heterocycles. The Morgan fingerprint density at radius 2 is 1.84 bits per heavy atom. The molecule has 0 bridgehead atoms. The molecule has 106 valence electrons. The summed E-state index contributed by atoms with van der Waals surface area (Å²) in [6.07, 6.45) is 2.61. The number of hydrogen-bond donors (Lipinski definition) is 2. The van der Waals surface area contributed by atoms with Crippen molar-refractivity contribution in [2.24, 2.45) is 5.92 Å². The number of nitrogens with one attached hydrogen (secondary N) is 2. The quantitative estimate of drug-likeness (QED) is 0.755. The van der Waals surface area contributed by atoms with Crippen LogP contribution in [-0.4, -0.2) is 19.0 Å². The fourth-order valence-electron chi connectivity index (χ4n) is 1.77. The molecule has 0 unspecified atom stereocenters. The van der Waals surface area contributed by atoms with Crippen LogP contribution in [0.5, 0.6) is 0 Å². The lowest BCUT2D eigenvalue weighted by Gasteiger charge is -2.09. The van der Waals surface area contributed by atoms with Crippen molar-refractivity contribution < 1.29 is 4.79 Å². The van der Waals surface area contributed by atoms with Crippen LogP contribution in [0.4, 0.5) is 5.69 Å². The molecule has 0 heterocycles. The molecule has 0 aliphatic rings. The summed E-state index contributed by atoms with van der Waals surface area (Å²) in [6.45, 7) is 7.92. The highest BCUT2D eigenvalue weighted by Crippen LogP contribution is 2.09. The van der Waals surface area contributed by atoms with Gasteiger partial charge in [-0.3, -0.25) is 4.79 Å². The van der Waals surface area contributed by atoms with E-state index in [9.17, 15) is 4.79 Å². The van der Waals surface area contributed by atoms with E-state index in [1.807, 2.05) is 0 Å². The van der Waals surface area contributed by atoms with Gasteiger partial charge >= 0.3 is 0 Å². The van der Waals surface area contributed by atoms with Crippen LogP contribution >= 0.6 is 0 Å². The average Bonchev–Trinajstić information content (AvgIpc) is 2.39. The van der Waals surface area contributed by atoms with Crippen molar-refractivity contribution in [3.63, 3.8) is 0 Å². The first-order chi connectivity index (χ1) is 9.11. The molecule has 19 heavy (non-hydrogen) atoms. The smallest absolute Gasteiger partial charge is 0.221 e. The van der Waals surface area contributed by atoms with Crippen LogP contribution in [0.1, 0.15) is 39.2 Å². The molecule has 0 aromatic heterocycles. The van der Waals surface area contributed by atoms with Gasteiger partial charge in [-0.05, 0) is 36.5 Å². The number of amides is 1. The predicted molar refractivity (Wildman–Crippen MR) is 81.4 cm³/mol. The van der Waals surface area contributed by atoms with Gasteiger partial charge in [0.2, 0.25) is 5.91 Å². The van der Waals surface area contributed by atoms with Gasteiger partial charge in [0.15, 0.2) is 0 Å². The molecule has 1 aromatic rings. The van der Waals surface area contributed by atoms with Crippen molar-refractivity contribution in [1.29, 1.82) is 0 Å². The Morgan fingerprint density at radius 1 is 1.16 bits per heavy atom. The van der Waals surface area contributed by atoms with Crippen molar-refractivity contribution in [1.82, 2.24) is 5.32 Å². The normalized spacial score (nSPS) is 10.5. The second-order valence-electron chi connectivity index (χ2n) is 5.26. The van der Waals surface area contributed by atoms with Gasteiger partial charge in [0, 0.05) is 25.2 Å². The lowest BCUT2D eigenvalue weighted by molar-refractivity contribution is -0.120. The fourth-order valence-corrected chi connectivity index (χ4v) is 1.77. The summed E-state index contributed by atoms with van der Waals surface area (Å²) in [5.74, 6) is 0.758. The largest absolute Gasteiger partial charge is 0.385 e. The van der Waals surface area contributed by atoms with E-state index in [1.165, 1.54) is 5.56 Å². The minimum absolute atomic E-state index is 0.123. The van der Waals surface area contributed by atoms with E-state index >= 15 is 0 Å². The lowest BCUT2D eigenvalue weighted by Crippen LogP contribution is -2.27. The number of hydrogen-bond acceptors (Lipinski definition) is 2. The van der Waals surface area contributed by atoms with Crippen molar-refractivity contribution in [3.05, 3.63) is 29.8 Å². The molecule has 1 rings (SSSR count). The monoisotopic (exact) mass is 262 g/mol. The number of carbonyl (C=O) groups excluding carboxylic acids is 1. The van der Waals surface area contributed by atoms with Crippen LogP contribution in [-0.2, 0) is 11.2 Å². The van der Waals surface area contributed by atoms with Gasteiger partial charge in [0.05, 0.1) is 0 Å². The first-order valence-corrected chi connectivity index (χ1v) is 7.21. The summed E-state index contributed by atoms with van der Waals surface area (Å²) < 4.78 is 0. The maximum atomic E-state index is 11.6. The second kappa shape index (κ2) is 8.57. The number of benzene rings is 1. The number of carbonyl (C=O) groups is 1. The molecule has 1 aromatic carbocycles. The van der Waals surface area contributed by atoms with Gasteiger partial charge in [-0.1, -0.05) is 32.9 Å². The van der Waals surface area contributed by atoms with E-state index in [2.05, 4.69) is 55.7 Å². The highest BCUT2D eigenvalue weighted by atomic mass is 16.1. The van der Waals surface area contributed by atoms with E-state index < -0.39 is 0 Å². The first-order valence-electron chi connectivity index (χ1n) is 7.21. The average molecular weight is 262 g/mol. The van der Waals surface area contributed by atoms with Crippen molar-refractivity contribution >= 4 is 11.6 Å². The Labute approximate surface area is 116 Å². The fraction of sp³-hybridized carbons (Fsp3) is 0.562. The molecule has 0 radical (unpaired) electrons. The van der Waals surface area contributed by atoms with Gasteiger partial charge < -0.3 is 10.6 Å². The maximum absolute atomic E-state index is 11.6. The third-order valence-corrected chi connectivity index (χ3v) is 3.09. The van der Waals surface area contributed by atoms with Crippen LogP contribution in [0.3, 0.4) is 0 Å². The standard InChI is InChI=1S/C16H26N2O/c1-4-14-5-7-15(8-6-14)17-12-10-16(19)18-11-9-13(2)3/h5-8,13,17H,4,9-12H2,1-3H3,(H,18,19). The molecule has 2 N–H and O–H groups in total. The summed E-state index contributed by atoms with van der Waals surface area (Å²) in [4.78, 5) is 11.6. The van der Waals surface area contributed by atoms with Gasteiger partial charge in [-0.25, -0.2) is 0 Å². The summed E-state index contributed by atoms with van der Waals surface area (Å²) in [6, 6.07) is 8.36. The van der Waals surface area contributed by atoms with E-state index in [0.717, 1.165) is 25.1 Å². The van der Waals surface area contributed by atoms with Crippen LogP contribution in [0, 0.1) is 5.92 Å².